The molecule has 2 fully saturated rings. The van der Waals surface area contributed by atoms with E-state index < -0.39 is 5.60 Å². The van der Waals surface area contributed by atoms with Gasteiger partial charge in [-0.05, 0) is 47.6 Å². The highest BCUT2D eigenvalue weighted by Crippen LogP contribution is 2.46. The first-order chi connectivity index (χ1) is 17.6. The third-order valence-corrected chi connectivity index (χ3v) is 8.38. The van der Waals surface area contributed by atoms with Crippen molar-refractivity contribution in [2.75, 3.05) is 6.61 Å². The maximum atomic E-state index is 13.5. The van der Waals surface area contributed by atoms with E-state index in [2.05, 4.69) is 46.6 Å². The molecule has 3 aliphatic rings. The Balaban J connectivity index is 1.11. The van der Waals surface area contributed by atoms with Crippen molar-refractivity contribution >= 4 is 11.7 Å². The summed E-state index contributed by atoms with van der Waals surface area (Å²) in [5, 5.41) is 19.7. The van der Waals surface area contributed by atoms with Crippen LogP contribution in [-0.2, 0) is 10.3 Å². The Labute approximate surface area is 209 Å². The molecule has 7 heteroatoms. The molecule has 1 N–H and O–H groups in total. The standard InChI is InChI=1S/C29H28N4O3/c34-28(36-17-26-24-10-3-1-8-22(24)23-9-2-4-11-25(23)26)33-20-6-5-7-21(33)15-29(35,14-20)19-12-13-27-31-30-18-32(27)16-19/h1-4,8-13,16,18,20-21,26,35H,5-7,14-15,17H2. The van der Waals surface area contributed by atoms with Crippen molar-refractivity contribution < 1.29 is 14.6 Å². The van der Waals surface area contributed by atoms with Gasteiger partial charge in [0.25, 0.3) is 0 Å². The van der Waals surface area contributed by atoms with Crippen molar-refractivity contribution in [3.63, 3.8) is 0 Å². The van der Waals surface area contributed by atoms with Gasteiger partial charge in [-0.2, -0.15) is 0 Å². The first-order valence-corrected chi connectivity index (χ1v) is 12.8. The molecule has 1 aliphatic carbocycles. The summed E-state index contributed by atoms with van der Waals surface area (Å²) in [6.07, 6.45) is 7.10. The number of amides is 1. The van der Waals surface area contributed by atoms with Gasteiger partial charge in [0.1, 0.15) is 12.9 Å². The predicted octanol–water partition coefficient (Wildman–Crippen LogP) is 4.88. The number of ether oxygens (including phenoxy) is 1. The zero-order valence-corrected chi connectivity index (χ0v) is 20.0. The van der Waals surface area contributed by atoms with Crippen LogP contribution in [0.15, 0.2) is 73.2 Å². The molecule has 2 aromatic heterocycles. The molecule has 36 heavy (non-hydrogen) atoms. The van der Waals surface area contributed by atoms with E-state index in [0.717, 1.165) is 30.5 Å². The minimum Gasteiger partial charge on any atom is -0.448 e. The summed E-state index contributed by atoms with van der Waals surface area (Å²) in [5.41, 5.74) is 5.47. The van der Waals surface area contributed by atoms with Crippen molar-refractivity contribution in [1.29, 1.82) is 0 Å². The third-order valence-electron chi connectivity index (χ3n) is 8.38. The average molecular weight is 481 g/mol. The van der Waals surface area contributed by atoms with Crippen LogP contribution in [-0.4, -0.2) is 49.4 Å². The number of hydrogen-bond acceptors (Lipinski definition) is 5. The predicted molar refractivity (Wildman–Crippen MR) is 134 cm³/mol. The molecule has 0 spiro atoms. The van der Waals surface area contributed by atoms with E-state index in [4.69, 9.17) is 4.74 Å². The number of fused-ring (bicyclic) bond motifs is 6. The number of hydrogen-bond donors (Lipinski definition) is 1. The second kappa shape index (κ2) is 8.17. The molecule has 0 radical (unpaired) electrons. The fourth-order valence-electron chi connectivity index (χ4n) is 6.73. The van der Waals surface area contributed by atoms with Crippen LogP contribution in [0.4, 0.5) is 4.79 Å². The van der Waals surface area contributed by atoms with E-state index in [1.807, 2.05) is 39.8 Å². The molecule has 7 nitrogen and oxygen atoms in total. The van der Waals surface area contributed by atoms with Gasteiger partial charge in [-0.25, -0.2) is 4.79 Å². The van der Waals surface area contributed by atoms with Crippen molar-refractivity contribution in [2.24, 2.45) is 0 Å². The van der Waals surface area contributed by atoms with Crippen LogP contribution in [0.5, 0.6) is 0 Å². The topological polar surface area (TPSA) is 80.0 Å². The van der Waals surface area contributed by atoms with Crippen molar-refractivity contribution in [3.05, 3.63) is 89.9 Å². The van der Waals surface area contributed by atoms with E-state index in [1.165, 1.54) is 22.3 Å². The first-order valence-electron chi connectivity index (χ1n) is 12.8. The summed E-state index contributed by atoms with van der Waals surface area (Å²) in [7, 11) is 0. The normalized spacial score (nSPS) is 25.0. The SMILES string of the molecule is O=C(OCC1c2ccccc2-c2ccccc21)N1C2CCCC1CC(O)(c1ccc3nncn3c1)C2. The van der Waals surface area contributed by atoms with Crippen LogP contribution in [0.2, 0.25) is 0 Å². The summed E-state index contributed by atoms with van der Waals surface area (Å²) in [4.78, 5) is 15.4. The van der Waals surface area contributed by atoms with Crippen molar-refractivity contribution in [2.45, 2.75) is 55.7 Å². The summed E-state index contributed by atoms with van der Waals surface area (Å²) >= 11 is 0. The largest absolute Gasteiger partial charge is 0.448 e. The lowest BCUT2D eigenvalue weighted by Crippen LogP contribution is -2.59. The maximum Gasteiger partial charge on any atom is 0.410 e. The smallest absolute Gasteiger partial charge is 0.410 e. The van der Waals surface area contributed by atoms with E-state index in [1.54, 1.807) is 6.33 Å². The Kier molecular flexibility index (Phi) is 4.89. The highest BCUT2D eigenvalue weighted by molar-refractivity contribution is 5.79. The van der Waals surface area contributed by atoms with Gasteiger partial charge in [-0.3, -0.25) is 4.40 Å². The monoisotopic (exact) mass is 480 g/mol. The number of aromatic nitrogens is 3. The Hall–Kier alpha value is -3.71. The summed E-state index contributed by atoms with van der Waals surface area (Å²) in [6.45, 7) is 0.317. The number of pyridine rings is 1. The lowest BCUT2D eigenvalue weighted by Gasteiger charge is -2.51. The number of carbonyl (C=O) groups is 1. The third kappa shape index (κ3) is 3.33. The molecular formula is C29H28N4O3. The van der Waals surface area contributed by atoms with Gasteiger partial charge in [0.2, 0.25) is 0 Å². The Morgan fingerprint density at radius 2 is 1.64 bits per heavy atom. The van der Waals surface area contributed by atoms with Crippen molar-refractivity contribution in [3.8, 4) is 11.1 Å². The molecule has 2 aromatic carbocycles. The summed E-state index contributed by atoms with van der Waals surface area (Å²) in [6, 6.07) is 20.5. The van der Waals surface area contributed by atoms with E-state index in [-0.39, 0.29) is 24.1 Å². The Bertz CT molecular complexity index is 1400. The van der Waals surface area contributed by atoms with E-state index in [9.17, 15) is 9.90 Å². The highest BCUT2D eigenvalue weighted by atomic mass is 16.6. The number of aliphatic hydroxyl groups is 1. The number of carbonyl (C=O) groups excluding carboxylic acids is 1. The molecule has 2 bridgehead atoms. The molecule has 7 rings (SSSR count). The quantitative estimate of drug-likeness (QED) is 0.452. The molecule has 0 saturated carbocycles. The first kappa shape index (κ1) is 21.6. The van der Waals surface area contributed by atoms with E-state index in [0.29, 0.717) is 19.4 Å². The Morgan fingerprint density at radius 3 is 2.33 bits per heavy atom. The van der Waals surface area contributed by atoms with Crippen LogP contribution in [0, 0.1) is 0 Å². The van der Waals surface area contributed by atoms with Crippen molar-refractivity contribution in [1.82, 2.24) is 19.5 Å². The number of piperidine rings is 2. The van der Waals surface area contributed by atoms with Crippen LogP contribution < -0.4 is 0 Å². The van der Waals surface area contributed by atoms with Gasteiger partial charge in [-0.1, -0.05) is 54.6 Å². The van der Waals surface area contributed by atoms with Gasteiger partial charge in [-0.15, -0.1) is 10.2 Å². The summed E-state index contributed by atoms with van der Waals surface area (Å²) < 4.78 is 7.86. The van der Waals surface area contributed by atoms with Gasteiger partial charge in [0.05, 0.1) is 5.60 Å². The van der Waals surface area contributed by atoms with Gasteiger partial charge in [0.15, 0.2) is 5.65 Å². The van der Waals surface area contributed by atoms with Crippen LogP contribution >= 0.6 is 0 Å². The summed E-state index contributed by atoms with van der Waals surface area (Å²) in [5.74, 6) is 0.0402. The maximum absolute atomic E-state index is 13.5. The lowest BCUT2D eigenvalue weighted by molar-refractivity contribution is -0.0892. The molecule has 2 saturated heterocycles. The zero-order chi connectivity index (χ0) is 24.3. The van der Waals surface area contributed by atoms with Crippen LogP contribution in [0.25, 0.3) is 16.8 Å². The molecule has 4 aromatic rings. The minimum atomic E-state index is -0.992. The van der Waals surface area contributed by atoms with Crippen LogP contribution in [0.1, 0.15) is 54.7 Å². The lowest BCUT2D eigenvalue weighted by atomic mass is 9.73. The highest BCUT2D eigenvalue weighted by Gasteiger charge is 2.49. The number of rotatable bonds is 3. The second-order valence-corrected chi connectivity index (χ2v) is 10.4. The molecule has 4 heterocycles. The fourth-order valence-corrected chi connectivity index (χ4v) is 6.73. The second-order valence-electron chi connectivity index (χ2n) is 10.4. The Morgan fingerprint density at radius 1 is 0.972 bits per heavy atom. The molecule has 2 unspecified atom stereocenters. The molecular weight excluding hydrogens is 452 g/mol. The van der Waals surface area contributed by atoms with Gasteiger partial charge in [0, 0.05) is 42.6 Å². The fraction of sp³-hybridized carbons (Fsp3) is 0.345. The number of nitrogens with zero attached hydrogens (tertiary/aromatic N) is 4. The van der Waals surface area contributed by atoms with E-state index >= 15 is 0 Å². The molecule has 2 aliphatic heterocycles. The van der Waals surface area contributed by atoms with Crippen LogP contribution in [0.3, 0.4) is 0 Å². The average Bonchev–Trinajstić information content (AvgIpc) is 3.49. The minimum absolute atomic E-state index is 0.0402. The molecule has 182 valence electrons. The van der Waals surface area contributed by atoms with Gasteiger partial charge >= 0.3 is 6.09 Å². The molecule has 2 atom stereocenters. The number of benzene rings is 2. The zero-order valence-electron chi connectivity index (χ0n) is 20.0. The van der Waals surface area contributed by atoms with Gasteiger partial charge < -0.3 is 14.7 Å². The molecule has 1 amide bonds.